The third kappa shape index (κ3) is 3.84. The number of carboxylic acids is 1. The molecule has 1 saturated carbocycles. The van der Waals surface area contributed by atoms with Crippen molar-refractivity contribution < 1.29 is 14.7 Å². The Morgan fingerprint density at radius 2 is 1.86 bits per heavy atom. The average Bonchev–Trinajstić information content (AvgIpc) is 3.25. The van der Waals surface area contributed by atoms with Crippen molar-refractivity contribution >= 4 is 11.9 Å². The van der Waals surface area contributed by atoms with Gasteiger partial charge in [-0.25, -0.2) is 0 Å². The van der Waals surface area contributed by atoms with Gasteiger partial charge in [0, 0.05) is 13.0 Å². The minimum atomic E-state index is -0.799. The van der Waals surface area contributed by atoms with Crippen molar-refractivity contribution in [2.24, 2.45) is 5.41 Å². The van der Waals surface area contributed by atoms with Crippen LogP contribution in [0.3, 0.4) is 0 Å². The molecule has 0 aliphatic heterocycles. The maximum atomic E-state index is 11.9. The van der Waals surface area contributed by atoms with Gasteiger partial charge in [-0.05, 0) is 30.2 Å². The molecule has 1 aromatic rings. The lowest BCUT2D eigenvalue weighted by molar-refractivity contribution is -0.143. The molecule has 0 spiro atoms. The molecule has 21 heavy (non-hydrogen) atoms. The van der Waals surface area contributed by atoms with Crippen molar-refractivity contribution in [1.29, 1.82) is 0 Å². The topological polar surface area (TPSA) is 66.4 Å². The second-order valence-electron chi connectivity index (χ2n) is 6.61. The molecule has 1 aromatic carbocycles. The zero-order chi connectivity index (χ0) is 15.5. The molecule has 0 saturated heterocycles. The zero-order valence-corrected chi connectivity index (χ0v) is 12.7. The van der Waals surface area contributed by atoms with Gasteiger partial charge in [0.1, 0.15) is 0 Å². The monoisotopic (exact) mass is 289 g/mol. The molecule has 0 radical (unpaired) electrons. The Hall–Kier alpha value is -1.84. The van der Waals surface area contributed by atoms with E-state index < -0.39 is 11.4 Å². The first-order chi connectivity index (χ1) is 9.86. The van der Waals surface area contributed by atoms with Crippen LogP contribution in [-0.2, 0) is 15.0 Å². The van der Waals surface area contributed by atoms with Crippen molar-refractivity contribution in [2.45, 2.75) is 44.9 Å². The predicted octanol–water partition coefficient (Wildman–Crippen LogP) is 2.73. The van der Waals surface area contributed by atoms with Gasteiger partial charge in [0.25, 0.3) is 0 Å². The van der Waals surface area contributed by atoms with Crippen LogP contribution in [0.25, 0.3) is 0 Å². The van der Waals surface area contributed by atoms with E-state index in [1.54, 1.807) is 0 Å². The lowest BCUT2D eigenvalue weighted by Crippen LogP contribution is -2.34. The molecule has 4 heteroatoms. The first-order valence-electron chi connectivity index (χ1n) is 7.41. The average molecular weight is 289 g/mol. The van der Waals surface area contributed by atoms with Crippen LogP contribution < -0.4 is 5.32 Å². The van der Waals surface area contributed by atoms with E-state index in [2.05, 4.69) is 31.3 Å². The molecule has 1 amide bonds. The Morgan fingerprint density at radius 1 is 1.24 bits per heavy atom. The number of carbonyl (C=O) groups excluding carboxylic acids is 1. The van der Waals surface area contributed by atoms with Gasteiger partial charge >= 0.3 is 5.97 Å². The molecule has 1 fully saturated rings. The van der Waals surface area contributed by atoms with E-state index in [9.17, 15) is 9.59 Å². The van der Waals surface area contributed by atoms with E-state index in [4.69, 9.17) is 5.11 Å². The molecule has 0 bridgehead atoms. The minimum Gasteiger partial charge on any atom is -0.481 e. The minimum absolute atomic E-state index is 0.0634. The third-order valence-electron chi connectivity index (χ3n) is 4.46. The maximum absolute atomic E-state index is 11.9. The number of carboxylic acid groups (broad SMARTS) is 1. The first kappa shape index (κ1) is 15.5. The number of hydrogen-bond donors (Lipinski definition) is 2. The van der Waals surface area contributed by atoms with Crippen LogP contribution >= 0.6 is 0 Å². The van der Waals surface area contributed by atoms with Gasteiger partial charge in [0.2, 0.25) is 5.91 Å². The number of nitrogens with one attached hydrogen (secondary N) is 1. The second kappa shape index (κ2) is 5.88. The number of carbonyl (C=O) groups is 2. The van der Waals surface area contributed by atoms with Crippen molar-refractivity contribution in [2.75, 3.05) is 6.54 Å². The summed E-state index contributed by atoms with van der Waals surface area (Å²) in [5.41, 5.74) is 0.454. The molecule has 1 aliphatic rings. The molecule has 2 N–H and O–H groups in total. The molecular weight excluding hydrogens is 266 g/mol. The summed E-state index contributed by atoms with van der Waals surface area (Å²) in [4.78, 5) is 23.0. The van der Waals surface area contributed by atoms with Crippen LogP contribution in [0.2, 0.25) is 0 Å². The van der Waals surface area contributed by atoms with E-state index in [-0.39, 0.29) is 17.9 Å². The number of aliphatic carboxylic acids is 1. The highest BCUT2D eigenvalue weighted by Crippen LogP contribution is 2.45. The lowest BCUT2D eigenvalue weighted by Gasteiger charge is -2.25. The van der Waals surface area contributed by atoms with Gasteiger partial charge in [-0.2, -0.15) is 0 Å². The van der Waals surface area contributed by atoms with Crippen molar-refractivity contribution in [1.82, 2.24) is 5.32 Å². The fourth-order valence-corrected chi connectivity index (χ4v) is 2.43. The fourth-order valence-electron chi connectivity index (χ4n) is 2.43. The molecule has 114 valence electrons. The number of amides is 1. The molecule has 0 heterocycles. The maximum Gasteiger partial charge on any atom is 0.311 e. The van der Waals surface area contributed by atoms with Gasteiger partial charge < -0.3 is 10.4 Å². The van der Waals surface area contributed by atoms with E-state index in [1.807, 2.05) is 18.2 Å². The Morgan fingerprint density at radius 3 is 2.38 bits per heavy atom. The van der Waals surface area contributed by atoms with E-state index in [0.29, 0.717) is 19.3 Å². The Balaban J connectivity index is 1.80. The van der Waals surface area contributed by atoms with Crippen molar-refractivity contribution in [3.05, 3.63) is 35.9 Å². The number of hydrogen-bond acceptors (Lipinski definition) is 2. The van der Waals surface area contributed by atoms with Crippen LogP contribution in [0.15, 0.2) is 30.3 Å². The molecule has 1 aliphatic carbocycles. The van der Waals surface area contributed by atoms with Gasteiger partial charge in [-0.1, -0.05) is 44.2 Å². The van der Waals surface area contributed by atoms with Gasteiger partial charge in [-0.3, -0.25) is 9.59 Å². The molecule has 0 aromatic heterocycles. The van der Waals surface area contributed by atoms with E-state index in [1.165, 1.54) is 5.56 Å². The van der Waals surface area contributed by atoms with Crippen LogP contribution in [-0.4, -0.2) is 23.5 Å². The fraction of sp³-hybridized carbons (Fsp3) is 0.529. The third-order valence-corrected chi connectivity index (χ3v) is 4.46. The van der Waals surface area contributed by atoms with Crippen LogP contribution in [0, 0.1) is 5.41 Å². The molecule has 0 atom stereocenters. The highest BCUT2D eigenvalue weighted by Gasteiger charge is 2.50. The standard InChI is InChI=1S/C17H23NO3/c1-16(2,13-6-4-3-5-7-13)9-8-14(19)18-12-17(10-11-17)15(20)21/h3-7H,8-12H2,1-2H3,(H,18,19)(H,20,21). The van der Waals surface area contributed by atoms with Crippen LogP contribution in [0.4, 0.5) is 0 Å². The summed E-state index contributed by atoms with van der Waals surface area (Å²) in [5.74, 6) is -0.862. The highest BCUT2D eigenvalue weighted by molar-refractivity contribution is 5.80. The number of rotatable bonds is 7. The highest BCUT2D eigenvalue weighted by atomic mass is 16.4. The summed E-state index contributed by atoms with van der Waals surface area (Å²) in [6.45, 7) is 4.50. The normalized spacial score (nSPS) is 16.3. The van der Waals surface area contributed by atoms with Gasteiger partial charge in [-0.15, -0.1) is 0 Å². The van der Waals surface area contributed by atoms with Crippen LogP contribution in [0.1, 0.15) is 45.1 Å². The summed E-state index contributed by atoms with van der Waals surface area (Å²) >= 11 is 0. The molecule has 4 nitrogen and oxygen atoms in total. The molecule has 2 rings (SSSR count). The summed E-state index contributed by atoms with van der Waals surface area (Å²) < 4.78 is 0. The largest absolute Gasteiger partial charge is 0.481 e. The summed E-state index contributed by atoms with van der Waals surface area (Å²) in [6.07, 6.45) is 2.48. The second-order valence-corrected chi connectivity index (χ2v) is 6.61. The smallest absolute Gasteiger partial charge is 0.311 e. The van der Waals surface area contributed by atoms with Crippen molar-refractivity contribution in [3.8, 4) is 0 Å². The number of benzene rings is 1. The SMILES string of the molecule is CC(C)(CCC(=O)NCC1(C(=O)O)CC1)c1ccccc1. The van der Waals surface area contributed by atoms with Crippen LogP contribution in [0.5, 0.6) is 0 Å². The first-order valence-corrected chi connectivity index (χ1v) is 7.41. The van der Waals surface area contributed by atoms with Gasteiger partial charge in [0.15, 0.2) is 0 Å². The summed E-state index contributed by atoms with van der Waals surface area (Å²) in [5, 5.41) is 11.8. The Kier molecular flexibility index (Phi) is 4.35. The van der Waals surface area contributed by atoms with E-state index in [0.717, 1.165) is 6.42 Å². The zero-order valence-electron chi connectivity index (χ0n) is 12.7. The van der Waals surface area contributed by atoms with Crippen molar-refractivity contribution in [3.63, 3.8) is 0 Å². The van der Waals surface area contributed by atoms with E-state index >= 15 is 0 Å². The predicted molar refractivity (Wildman–Crippen MR) is 81.0 cm³/mol. The quantitative estimate of drug-likeness (QED) is 0.811. The Bertz CT molecular complexity index is 518. The Labute approximate surface area is 125 Å². The van der Waals surface area contributed by atoms with Gasteiger partial charge in [0.05, 0.1) is 5.41 Å². The molecular formula is C17H23NO3. The summed E-state index contributed by atoms with van der Waals surface area (Å²) in [7, 11) is 0. The molecule has 0 unspecified atom stereocenters. The lowest BCUT2D eigenvalue weighted by atomic mass is 9.80. The summed E-state index contributed by atoms with van der Waals surface area (Å²) in [6, 6.07) is 10.1.